The molecule has 0 saturated carbocycles. The van der Waals surface area contributed by atoms with Crippen LogP contribution in [-0.2, 0) is 6.54 Å². The van der Waals surface area contributed by atoms with Gasteiger partial charge in [0.2, 0.25) is 0 Å². The van der Waals surface area contributed by atoms with Crippen molar-refractivity contribution in [3.63, 3.8) is 0 Å². The number of ether oxygens (including phenoxy) is 1. The van der Waals surface area contributed by atoms with Crippen LogP contribution in [0.3, 0.4) is 0 Å². The number of hydrogen-bond acceptors (Lipinski definition) is 3. The summed E-state index contributed by atoms with van der Waals surface area (Å²) in [6.45, 7) is 5.26. The van der Waals surface area contributed by atoms with Crippen LogP contribution in [0.25, 0.3) is 0 Å². The molecule has 0 aliphatic carbocycles. The van der Waals surface area contributed by atoms with Crippen LogP contribution in [-0.4, -0.2) is 26.2 Å². The van der Waals surface area contributed by atoms with Gasteiger partial charge in [-0.05, 0) is 37.1 Å². The van der Waals surface area contributed by atoms with Crippen molar-refractivity contribution in [3.05, 3.63) is 29.3 Å². The van der Waals surface area contributed by atoms with Gasteiger partial charge in [-0.25, -0.2) is 0 Å². The second-order valence-corrected chi connectivity index (χ2v) is 4.37. The lowest BCUT2D eigenvalue weighted by atomic mass is 10.1. The van der Waals surface area contributed by atoms with E-state index < -0.39 is 0 Å². The first-order valence-electron chi connectivity index (χ1n) is 5.87. The van der Waals surface area contributed by atoms with Crippen LogP contribution < -0.4 is 15.4 Å². The van der Waals surface area contributed by atoms with E-state index in [0.29, 0.717) is 6.04 Å². The summed E-state index contributed by atoms with van der Waals surface area (Å²) in [6.07, 6.45) is 1.23. The first-order chi connectivity index (χ1) is 7.79. The average molecular weight is 220 g/mol. The number of aryl methyl sites for hydroxylation is 1. The molecule has 1 fully saturated rings. The predicted octanol–water partition coefficient (Wildman–Crippen LogP) is 1.46. The minimum absolute atomic E-state index is 0.627. The maximum absolute atomic E-state index is 5.25. The molecule has 0 aromatic heterocycles. The molecule has 1 unspecified atom stereocenters. The molecule has 88 valence electrons. The van der Waals surface area contributed by atoms with E-state index in [1.807, 2.05) is 6.07 Å². The molecule has 1 aromatic rings. The Morgan fingerprint density at radius 2 is 2.38 bits per heavy atom. The molecule has 1 heterocycles. The van der Waals surface area contributed by atoms with Gasteiger partial charge in [0, 0.05) is 19.1 Å². The van der Waals surface area contributed by atoms with Crippen LogP contribution >= 0.6 is 0 Å². The third-order valence-electron chi connectivity index (χ3n) is 3.11. The van der Waals surface area contributed by atoms with Crippen molar-refractivity contribution in [2.45, 2.75) is 25.9 Å². The van der Waals surface area contributed by atoms with E-state index in [4.69, 9.17) is 4.74 Å². The van der Waals surface area contributed by atoms with Crippen LogP contribution in [0, 0.1) is 6.92 Å². The monoisotopic (exact) mass is 220 g/mol. The van der Waals surface area contributed by atoms with E-state index in [9.17, 15) is 0 Å². The number of nitrogens with one attached hydrogen (secondary N) is 2. The molecule has 1 aromatic carbocycles. The van der Waals surface area contributed by atoms with Gasteiger partial charge in [-0.3, -0.25) is 0 Å². The van der Waals surface area contributed by atoms with Gasteiger partial charge in [-0.2, -0.15) is 0 Å². The molecule has 16 heavy (non-hydrogen) atoms. The fraction of sp³-hybridized carbons (Fsp3) is 0.538. The third kappa shape index (κ3) is 2.74. The normalized spacial score (nSPS) is 20.0. The summed E-state index contributed by atoms with van der Waals surface area (Å²) in [5, 5.41) is 6.91. The summed E-state index contributed by atoms with van der Waals surface area (Å²) in [4.78, 5) is 0. The van der Waals surface area contributed by atoms with Crippen molar-refractivity contribution >= 4 is 0 Å². The minimum atomic E-state index is 0.627. The van der Waals surface area contributed by atoms with Gasteiger partial charge in [0.15, 0.2) is 0 Å². The molecule has 0 radical (unpaired) electrons. The minimum Gasteiger partial charge on any atom is -0.496 e. The zero-order chi connectivity index (χ0) is 11.4. The first kappa shape index (κ1) is 11.4. The van der Waals surface area contributed by atoms with E-state index in [-0.39, 0.29) is 0 Å². The number of hydrogen-bond donors (Lipinski definition) is 2. The zero-order valence-electron chi connectivity index (χ0n) is 10.0. The van der Waals surface area contributed by atoms with Gasteiger partial charge in [0.1, 0.15) is 5.75 Å². The van der Waals surface area contributed by atoms with E-state index in [0.717, 1.165) is 25.4 Å². The van der Waals surface area contributed by atoms with Crippen molar-refractivity contribution in [3.8, 4) is 5.75 Å². The summed E-state index contributed by atoms with van der Waals surface area (Å²) >= 11 is 0. The molecule has 1 aliphatic rings. The molecule has 0 amide bonds. The molecule has 0 spiro atoms. The molecular formula is C13H20N2O. The Labute approximate surface area is 97.2 Å². The Balaban J connectivity index is 1.91. The van der Waals surface area contributed by atoms with Crippen LogP contribution in [0.2, 0.25) is 0 Å². The molecule has 0 bridgehead atoms. The molecule has 2 N–H and O–H groups in total. The highest BCUT2D eigenvalue weighted by molar-refractivity contribution is 5.36. The lowest BCUT2D eigenvalue weighted by molar-refractivity contribution is 0.411. The van der Waals surface area contributed by atoms with E-state index in [1.165, 1.54) is 17.5 Å². The SMILES string of the molecule is COc1ccc(CNC2CCNC2)cc1C. The molecular weight excluding hydrogens is 200 g/mol. The van der Waals surface area contributed by atoms with Crippen molar-refractivity contribution in [2.24, 2.45) is 0 Å². The highest BCUT2D eigenvalue weighted by Crippen LogP contribution is 2.18. The van der Waals surface area contributed by atoms with Gasteiger partial charge >= 0.3 is 0 Å². The van der Waals surface area contributed by atoms with Crippen LogP contribution in [0.4, 0.5) is 0 Å². The molecule has 2 rings (SSSR count). The second kappa shape index (κ2) is 5.32. The van der Waals surface area contributed by atoms with Crippen LogP contribution in [0.15, 0.2) is 18.2 Å². The van der Waals surface area contributed by atoms with E-state index >= 15 is 0 Å². The maximum Gasteiger partial charge on any atom is 0.121 e. The average Bonchev–Trinajstić information content (AvgIpc) is 2.79. The second-order valence-electron chi connectivity index (χ2n) is 4.37. The Bertz CT molecular complexity index is 346. The van der Waals surface area contributed by atoms with Crippen molar-refractivity contribution in [2.75, 3.05) is 20.2 Å². The highest BCUT2D eigenvalue weighted by Gasteiger charge is 2.13. The number of methoxy groups -OCH3 is 1. The van der Waals surface area contributed by atoms with E-state index in [2.05, 4.69) is 29.7 Å². The fourth-order valence-electron chi connectivity index (χ4n) is 2.14. The topological polar surface area (TPSA) is 33.3 Å². The highest BCUT2D eigenvalue weighted by atomic mass is 16.5. The Morgan fingerprint density at radius 1 is 1.50 bits per heavy atom. The van der Waals surface area contributed by atoms with Crippen molar-refractivity contribution < 1.29 is 4.74 Å². The summed E-state index contributed by atoms with van der Waals surface area (Å²) in [6, 6.07) is 6.98. The molecule has 1 atom stereocenters. The Hall–Kier alpha value is -1.06. The number of rotatable bonds is 4. The van der Waals surface area contributed by atoms with Gasteiger partial charge < -0.3 is 15.4 Å². The first-order valence-corrected chi connectivity index (χ1v) is 5.87. The molecule has 1 saturated heterocycles. The Morgan fingerprint density at radius 3 is 3.00 bits per heavy atom. The van der Waals surface area contributed by atoms with Gasteiger partial charge in [-0.15, -0.1) is 0 Å². The quantitative estimate of drug-likeness (QED) is 0.806. The Kier molecular flexibility index (Phi) is 3.80. The zero-order valence-corrected chi connectivity index (χ0v) is 10.0. The lowest BCUT2D eigenvalue weighted by Gasteiger charge is -2.12. The predicted molar refractivity (Wildman–Crippen MR) is 65.8 cm³/mol. The van der Waals surface area contributed by atoms with Crippen molar-refractivity contribution in [1.82, 2.24) is 10.6 Å². The van der Waals surface area contributed by atoms with Crippen LogP contribution in [0.1, 0.15) is 17.5 Å². The summed E-state index contributed by atoms with van der Waals surface area (Å²) in [7, 11) is 1.71. The molecule has 1 aliphatic heterocycles. The standard InChI is InChI=1S/C13H20N2O/c1-10-7-11(3-4-13(10)16-2)8-15-12-5-6-14-9-12/h3-4,7,12,14-15H,5-6,8-9H2,1-2H3. The fourth-order valence-corrected chi connectivity index (χ4v) is 2.14. The summed E-state index contributed by atoms with van der Waals surface area (Å²) in [5.74, 6) is 0.964. The molecule has 3 nitrogen and oxygen atoms in total. The maximum atomic E-state index is 5.25. The molecule has 3 heteroatoms. The van der Waals surface area contributed by atoms with Crippen LogP contribution in [0.5, 0.6) is 5.75 Å². The summed E-state index contributed by atoms with van der Waals surface area (Å²) in [5.41, 5.74) is 2.52. The van der Waals surface area contributed by atoms with Gasteiger partial charge in [-0.1, -0.05) is 12.1 Å². The van der Waals surface area contributed by atoms with Crippen molar-refractivity contribution in [1.29, 1.82) is 0 Å². The number of benzene rings is 1. The lowest BCUT2D eigenvalue weighted by Crippen LogP contribution is -2.30. The summed E-state index contributed by atoms with van der Waals surface area (Å²) < 4.78 is 5.25. The third-order valence-corrected chi connectivity index (χ3v) is 3.11. The van der Waals surface area contributed by atoms with E-state index in [1.54, 1.807) is 7.11 Å². The van der Waals surface area contributed by atoms with Gasteiger partial charge in [0.05, 0.1) is 7.11 Å². The van der Waals surface area contributed by atoms with Gasteiger partial charge in [0.25, 0.3) is 0 Å². The smallest absolute Gasteiger partial charge is 0.121 e. The largest absolute Gasteiger partial charge is 0.496 e.